The van der Waals surface area contributed by atoms with Crippen molar-refractivity contribution in [3.63, 3.8) is 0 Å². The molecule has 1 aliphatic rings. The highest BCUT2D eigenvalue weighted by Gasteiger charge is 2.21. The summed E-state index contributed by atoms with van der Waals surface area (Å²) >= 11 is 0. The van der Waals surface area contributed by atoms with Gasteiger partial charge < -0.3 is 15.1 Å². The lowest BCUT2D eigenvalue weighted by Crippen LogP contribution is -2.34. The number of hydrogen-bond acceptors (Lipinski definition) is 3. The molecule has 0 spiro atoms. The van der Waals surface area contributed by atoms with Gasteiger partial charge in [0.05, 0.1) is 11.3 Å². The standard InChI is InChI=1S/C21H27N3O/c1-16-8-6-11-19(17(16)2)22-20-10-5-4-9-18(20)21(25)24-13-7-12-23(3)14-15-24/h4-6,8-11,22H,7,12-15H2,1-3H3. The van der Waals surface area contributed by atoms with E-state index in [1.165, 1.54) is 11.1 Å². The minimum Gasteiger partial charge on any atom is -0.355 e. The quantitative estimate of drug-likeness (QED) is 0.925. The third-order valence-corrected chi connectivity index (χ3v) is 5.04. The number of rotatable bonds is 3. The fourth-order valence-corrected chi connectivity index (χ4v) is 3.23. The van der Waals surface area contributed by atoms with Gasteiger partial charge in [-0.2, -0.15) is 0 Å². The lowest BCUT2D eigenvalue weighted by atomic mass is 10.1. The smallest absolute Gasteiger partial charge is 0.256 e. The first-order chi connectivity index (χ1) is 12.1. The zero-order chi connectivity index (χ0) is 17.8. The summed E-state index contributed by atoms with van der Waals surface area (Å²) < 4.78 is 0. The van der Waals surface area contributed by atoms with E-state index in [1.807, 2.05) is 35.2 Å². The van der Waals surface area contributed by atoms with Crippen LogP contribution in [0.2, 0.25) is 0 Å². The zero-order valence-corrected chi connectivity index (χ0v) is 15.4. The van der Waals surface area contributed by atoms with Crippen LogP contribution < -0.4 is 5.32 Å². The third kappa shape index (κ3) is 4.02. The van der Waals surface area contributed by atoms with Crippen LogP contribution in [-0.4, -0.2) is 48.9 Å². The Balaban J connectivity index is 1.85. The summed E-state index contributed by atoms with van der Waals surface area (Å²) in [5, 5.41) is 3.47. The molecule has 1 saturated heterocycles. The molecule has 0 aliphatic carbocycles. The number of carbonyl (C=O) groups is 1. The first-order valence-electron chi connectivity index (χ1n) is 8.96. The van der Waals surface area contributed by atoms with E-state index in [1.54, 1.807) is 0 Å². The van der Waals surface area contributed by atoms with Crippen LogP contribution in [0.3, 0.4) is 0 Å². The van der Waals surface area contributed by atoms with Gasteiger partial charge in [0, 0.05) is 25.3 Å². The number of hydrogen-bond donors (Lipinski definition) is 1. The molecule has 1 fully saturated rings. The molecule has 2 aromatic carbocycles. The van der Waals surface area contributed by atoms with E-state index in [9.17, 15) is 4.79 Å². The van der Waals surface area contributed by atoms with Crippen LogP contribution in [-0.2, 0) is 0 Å². The molecule has 25 heavy (non-hydrogen) atoms. The number of carbonyl (C=O) groups excluding carboxylic acids is 1. The largest absolute Gasteiger partial charge is 0.355 e. The number of anilines is 2. The van der Waals surface area contributed by atoms with Gasteiger partial charge >= 0.3 is 0 Å². The Bertz CT molecular complexity index is 757. The first kappa shape index (κ1) is 17.5. The molecule has 0 saturated carbocycles. The summed E-state index contributed by atoms with van der Waals surface area (Å²) in [4.78, 5) is 17.4. The van der Waals surface area contributed by atoms with E-state index in [0.717, 1.165) is 49.5 Å². The molecule has 0 bridgehead atoms. The minimum absolute atomic E-state index is 0.115. The Hall–Kier alpha value is -2.33. The van der Waals surface area contributed by atoms with Gasteiger partial charge in [-0.1, -0.05) is 24.3 Å². The Morgan fingerprint density at radius 2 is 1.68 bits per heavy atom. The van der Waals surface area contributed by atoms with Crippen molar-refractivity contribution in [3.05, 3.63) is 59.2 Å². The van der Waals surface area contributed by atoms with Gasteiger partial charge in [0.1, 0.15) is 0 Å². The molecular formula is C21H27N3O. The van der Waals surface area contributed by atoms with Crippen LogP contribution in [0.5, 0.6) is 0 Å². The van der Waals surface area contributed by atoms with Crippen molar-refractivity contribution in [2.45, 2.75) is 20.3 Å². The second kappa shape index (κ2) is 7.70. The van der Waals surface area contributed by atoms with Gasteiger partial charge in [-0.05, 0) is 63.2 Å². The highest BCUT2D eigenvalue weighted by molar-refractivity contribution is 6.00. The van der Waals surface area contributed by atoms with E-state index >= 15 is 0 Å². The molecule has 0 aromatic heterocycles. The summed E-state index contributed by atoms with van der Waals surface area (Å²) in [6, 6.07) is 14.0. The van der Waals surface area contributed by atoms with Crippen molar-refractivity contribution >= 4 is 17.3 Å². The van der Waals surface area contributed by atoms with E-state index in [0.29, 0.717) is 0 Å². The highest BCUT2D eigenvalue weighted by Crippen LogP contribution is 2.26. The van der Waals surface area contributed by atoms with E-state index in [2.05, 4.69) is 43.2 Å². The average molecular weight is 337 g/mol. The Morgan fingerprint density at radius 1 is 0.920 bits per heavy atom. The van der Waals surface area contributed by atoms with Crippen LogP contribution >= 0.6 is 0 Å². The Labute approximate surface area is 150 Å². The molecule has 2 aromatic rings. The second-order valence-electron chi connectivity index (χ2n) is 6.87. The van der Waals surface area contributed by atoms with Gasteiger partial charge in [0.15, 0.2) is 0 Å². The molecule has 132 valence electrons. The van der Waals surface area contributed by atoms with Gasteiger partial charge in [-0.25, -0.2) is 0 Å². The molecule has 0 atom stereocenters. The topological polar surface area (TPSA) is 35.6 Å². The van der Waals surface area contributed by atoms with Crippen molar-refractivity contribution in [2.24, 2.45) is 0 Å². The zero-order valence-electron chi connectivity index (χ0n) is 15.4. The number of aryl methyl sites for hydroxylation is 1. The normalized spacial score (nSPS) is 15.7. The molecule has 4 nitrogen and oxygen atoms in total. The highest BCUT2D eigenvalue weighted by atomic mass is 16.2. The van der Waals surface area contributed by atoms with Gasteiger partial charge in [-0.15, -0.1) is 0 Å². The van der Waals surface area contributed by atoms with Gasteiger partial charge in [-0.3, -0.25) is 4.79 Å². The maximum Gasteiger partial charge on any atom is 0.256 e. The van der Waals surface area contributed by atoms with E-state index in [4.69, 9.17) is 0 Å². The molecule has 1 heterocycles. The maximum atomic E-state index is 13.1. The second-order valence-corrected chi connectivity index (χ2v) is 6.87. The number of benzene rings is 2. The summed E-state index contributed by atoms with van der Waals surface area (Å²) in [7, 11) is 2.12. The maximum absolute atomic E-state index is 13.1. The fourth-order valence-electron chi connectivity index (χ4n) is 3.23. The monoisotopic (exact) mass is 337 g/mol. The van der Waals surface area contributed by atoms with Crippen LogP contribution in [0, 0.1) is 13.8 Å². The summed E-state index contributed by atoms with van der Waals surface area (Å²) in [6.45, 7) is 7.79. The van der Waals surface area contributed by atoms with Crippen molar-refractivity contribution in [2.75, 3.05) is 38.5 Å². The molecule has 1 aliphatic heterocycles. The summed E-state index contributed by atoms with van der Waals surface area (Å²) in [6.07, 6.45) is 1.02. The number of nitrogens with zero attached hydrogens (tertiary/aromatic N) is 2. The Kier molecular flexibility index (Phi) is 5.39. The summed E-state index contributed by atoms with van der Waals surface area (Å²) in [5.41, 5.74) is 5.12. The van der Waals surface area contributed by atoms with Crippen LogP contribution in [0.4, 0.5) is 11.4 Å². The van der Waals surface area contributed by atoms with Crippen LogP contribution in [0.1, 0.15) is 27.9 Å². The van der Waals surface area contributed by atoms with Gasteiger partial charge in [0.25, 0.3) is 5.91 Å². The van der Waals surface area contributed by atoms with Crippen molar-refractivity contribution in [1.82, 2.24) is 9.80 Å². The molecule has 1 amide bonds. The lowest BCUT2D eigenvalue weighted by molar-refractivity contribution is 0.0764. The number of para-hydroxylation sites is 1. The van der Waals surface area contributed by atoms with E-state index < -0.39 is 0 Å². The number of amides is 1. The predicted molar refractivity (Wildman–Crippen MR) is 104 cm³/mol. The lowest BCUT2D eigenvalue weighted by Gasteiger charge is -2.22. The van der Waals surface area contributed by atoms with Crippen molar-refractivity contribution in [3.8, 4) is 0 Å². The molecule has 4 heteroatoms. The average Bonchev–Trinajstić information content (AvgIpc) is 2.83. The predicted octanol–water partition coefficient (Wildman–Crippen LogP) is 3.82. The van der Waals surface area contributed by atoms with Gasteiger partial charge in [0.2, 0.25) is 0 Å². The minimum atomic E-state index is 0.115. The van der Waals surface area contributed by atoms with Crippen LogP contribution in [0.15, 0.2) is 42.5 Å². The van der Waals surface area contributed by atoms with Crippen LogP contribution in [0.25, 0.3) is 0 Å². The number of likely N-dealkylation sites (N-methyl/N-ethyl adjacent to an activating group) is 1. The summed E-state index contributed by atoms with van der Waals surface area (Å²) in [5.74, 6) is 0.115. The molecular weight excluding hydrogens is 310 g/mol. The number of nitrogens with one attached hydrogen (secondary N) is 1. The Morgan fingerprint density at radius 3 is 2.52 bits per heavy atom. The fraction of sp³-hybridized carbons (Fsp3) is 0.381. The first-order valence-corrected chi connectivity index (χ1v) is 8.96. The SMILES string of the molecule is Cc1cccc(Nc2ccccc2C(=O)N2CCCN(C)CC2)c1C. The molecule has 0 unspecified atom stereocenters. The molecule has 3 rings (SSSR count). The molecule has 1 N–H and O–H groups in total. The molecule has 0 radical (unpaired) electrons. The van der Waals surface area contributed by atoms with E-state index in [-0.39, 0.29) is 5.91 Å². The van der Waals surface area contributed by atoms with Crippen molar-refractivity contribution < 1.29 is 4.79 Å². The third-order valence-electron chi connectivity index (χ3n) is 5.04. The van der Waals surface area contributed by atoms with Crippen molar-refractivity contribution in [1.29, 1.82) is 0 Å².